The third-order valence-electron chi connectivity index (χ3n) is 3.49. The molecule has 0 bridgehead atoms. The van der Waals surface area contributed by atoms with Crippen molar-refractivity contribution < 1.29 is 8.42 Å². The molecule has 0 spiro atoms. The Labute approximate surface area is 128 Å². The van der Waals surface area contributed by atoms with Crippen LogP contribution in [0.25, 0.3) is 0 Å². The third-order valence-corrected chi connectivity index (χ3v) is 5.81. The van der Waals surface area contributed by atoms with E-state index >= 15 is 0 Å². The van der Waals surface area contributed by atoms with E-state index < -0.39 is 10.0 Å². The van der Waals surface area contributed by atoms with E-state index in [9.17, 15) is 8.42 Å². The summed E-state index contributed by atoms with van der Waals surface area (Å²) in [5.41, 5.74) is 7.11. The molecule has 1 heterocycles. The molecule has 20 heavy (non-hydrogen) atoms. The fourth-order valence-electron chi connectivity index (χ4n) is 2.31. The number of sulfonamides is 1. The Morgan fingerprint density at radius 2 is 1.95 bits per heavy atom. The molecule has 1 aliphatic rings. The van der Waals surface area contributed by atoms with Crippen molar-refractivity contribution in [2.45, 2.75) is 37.6 Å². The van der Waals surface area contributed by atoms with Gasteiger partial charge >= 0.3 is 0 Å². The van der Waals surface area contributed by atoms with Crippen LogP contribution < -0.4 is 10.6 Å². The molecule has 0 radical (unpaired) electrons. The summed E-state index contributed by atoms with van der Waals surface area (Å²) in [5.74, 6) is 0. The Morgan fingerprint density at radius 1 is 1.30 bits per heavy atom. The van der Waals surface area contributed by atoms with E-state index in [1.165, 1.54) is 0 Å². The average molecular weight is 362 g/mol. The van der Waals surface area contributed by atoms with Crippen LogP contribution in [0.5, 0.6) is 0 Å². The van der Waals surface area contributed by atoms with Crippen molar-refractivity contribution in [2.24, 2.45) is 5.73 Å². The molecule has 0 saturated carbocycles. The lowest BCUT2D eigenvalue weighted by Gasteiger charge is -2.27. The Hall–Kier alpha value is -0.470. The van der Waals surface area contributed by atoms with Crippen LogP contribution in [0, 0.1) is 6.92 Å². The van der Waals surface area contributed by atoms with Crippen LogP contribution in [0.2, 0.25) is 0 Å². The molecule has 0 atom stereocenters. The van der Waals surface area contributed by atoms with Crippen LogP contribution in [-0.4, -0.2) is 26.5 Å². The van der Waals surface area contributed by atoms with Crippen LogP contribution in [-0.2, 0) is 16.6 Å². The Bertz CT molecular complexity index is 584. The van der Waals surface area contributed by atoms with Gasteiger partial charge in [0.2, 0.25) is 0 Å². The van der Waals surface area contributed by atoms with Crippen molar-refractivity contribution in [3.63, 3.8) is 0 Å². The number of nitrogens with zero attached hydrogens (tertiary/aromatic N) is 1. The minimum atomic E-state index is -3.56. The van der Waals surface area contributed by atoms with Crippen molar-refractivity contribution in [1.82, 2.24) is 9.84 Å². The molecule has 5 nitrogen and oxygen atoms in total. The van der Waals surface area contributed by atoms with E-state index in [0.29, 0.717) is 12.1 Å². The van der Waals surface area contributed by atoms with E-state index in [2.05, 4.69) is 20.8 Å². The van der Waals surface area contributed by atoms with Gasteiger partial charge in [-0.25, -0.2) is 13.4 Å². The van der Waals surface area contributed by atoms with Gasteiger partial charge in [-0.2, -0.15) is 0 Å². The largest absolute Gasteiger partial charge is 0.326 e. The van der Waals surface area contributed by atoms with Gasteiger partial charge in [-0.05, 0) is 43.0 Å². The number of nitrogens with one attached hydrogen (secondary N) is 1. The molecular formula is C13H20BrN3O2S. The molecular weight excluding hydrogens is 342 g/mol. The highest BCUT2D eigenvalue weighted by Crippen LogP contribution is 2.26. The summed E-state index contributed by atoms with van der Waals surface area (Å²) in [7, 11) is -3.56. The SMILES string of the molecule is Cc1c(Br)cc(CN)cc1S(=O)(=O)NN1CCCCC1. The number of hydrogen-bond donors (Lipinski definition) is 2. The van der Waals surface area contributed by atoms with Crippen molar-refractivity contribution >= 4 is 26.0 Å². The van der Waals surface area contributed by atoms with E-state index in [1.807, 2.05) is 6.07 Å². The normalized spacial score (nSPS) is 17.4. The molecule has 1 saturated heterocycles. The predicted octanol–water partition coefficient (Wildman–Crippen LogP) is 1.90. The quantitative estimate of drug-likeness (QED) is 0.858. The number of piperidine rings is 1. The third kappa shape index (κ3) is 3.59. The number of halogens is 1. The molecule has 0 aliphatic carbocycles. The van der Waals surface area contributed by atoms with E-state index in [0.717, 1.165) is 42.4 Å². The molecule has 1 aromatic carbocycles. The number of rotatable bonds is 4. The summed E-state index contributed by atoms with van der Waals surface area (Å²) in [5, 5.41) is 1.78. The van der Waals surface area contributed by atoms with Gasteiger partial charge in [-0.1, -0.05) is 22.4 Å². The molecule has 0 amide bonds. The summed E-state index contributed by atoms with van der Waals surface area (Å²) >= 11 is 3.39. The average Bonchev–Trinajstić information content (AvgIpc) is 2.42. The smallest absolute Gasteiger partial charge is 0.253 e. The summed E-state index contributed by atoms with van der Waals surface area (Å²) in [6.07, 6.45) is 3.20. The Balaban J connectivity index is 2.30. The van der Waals surface area contributed by atoms with Crippen LogP contribution in [0.3, 0.4) is 0 Å². The van der Waals surface area contributed by atoms with E-state index in [1.54, 1.807) is 18.0 Å². The van der Waals surface area contributed by atoms with Gasteiger partial charge < -0.3 is 5.73 Å². The van der Waals surface area contributed by atoms with Crippen molar-refractivity contribution in [2.75, 3.05) is 13.1 Å². The second kappa shape index (κ2) is 6.53. The van der Waals surface area contributed by atoms with Gasteiger partial charge in [0.25, 0.3) is 10.0 Å². The van der Waals surface area contributed by atoms with Gasteiger partial charge in [-0.15, -0.1) is 4.83 Å². The highest BCUT2D eigenvalue weighted by molar-refractivity contribution is 9.10. The predicted molar refractivity (Wildman–Crippen MR) is 82.5 cm³/mol. The lowest BCUT2D eigenvalue weighted by molar-refractivity contribution is 0.200. The fourth-order valence-corrected chi connectivity index (χ4v) is 4.39. The Morgan fingerprint density at radius 3 is 2.55 bits per heavy atom. The molecule has 3 N–H and O–H groups in total. The van der Waals surface area contributed by atoms with Gasteiger partial charge in [0, 0.05) is 24.1 Å². The topological polar surface area (TPSA) is 75.4 Å². The lowest BCUT2D eigenvalue weighted by atomic mass is 10.1. The highest BCUT2D eigenvalue weighted by atomic mass is 79.9. The van der Waals surface area contributed by atoms with Crippen molar-refractivity contribution in [3.05, 3.63) is 27.7 Å². The highest BCUT2D eigenvalue weighted by Gasteiger charge is 2.23. The summed E-state index contributed by atoms with van der Waals surface area (Å²) in [6.45, 7) is 3.62. The summed E-state index contributed by atoms with van der Waals surface area (Å²) in [4.78, 5) is 2.96. The van der Waals surface area contributed by atoms with Crippen molar-refractivity contribution in [1.29, 1.82) is 0 Å². The first kappa shape index (κ1) is 15.9. The van der Waals surface area contributed by atoms with Gasteiger partial charge in [0.1, 0.15) is 0 Å². The van der Waals surface area contributed by atoms with Gasteiger partial charge in [-0.3, -0.25) is 0 Å². The van der Waals surface area contributed by atoms with Crippen LogP contribution in [0.4, 0.5) is 0 Å². The number of hydrazine groups is 1. The molecule has 2 rings (SSSR count). The van der Waals surface area contributed by atoms with E-state index in [-0.39, 0.29) is 4.90 Å². The number of nitrogens with two attached hydrogens (primary N) is 1. The zero-order chi connectivity index (χ0) is 14.8. The maximum absolute atomic E-state index is 12.5. The maximum atomic E-state index is 12.5. The van der Waals surface area contributed by atoms with Crippen molar-refractivity contribution in [3.8, 4) is 0 Å². The summed E-state index contributed by atoms with van der Waals surface area (Å²) < 4.78 is 25.8. The zero-order valence-corrected chi connectivity index (χ0v) is 13.9. The molecule has 7 heteroatoms. The first-order valence-corrected chi connectivity index (χ1v) is 8.98. The second-order valence-electron chi connectivity index (χ2n) is 5.05. The van der Waals surface area contributed by atoms with Crippen LogP contribution in [0.1, 0.15) is 30.4 Å². The molecule has 1 aliphatic heterocycles. The molecule has 0 unspecified atom stereocenters. The monoisotopic (exact) mass is 361 g/mol. The number of hydrogen-bond acceptors (Lipinski definition) is 4. The maximum Gasteiger partial charge on any atom is 0.253 e. The van der Waals surface area contributed by atoms with Gasteiger partial charge in [0.05, 0.1) is 4.90 Å². The standard InChI is InChI=1S/C13H20BrN3O2S/c1-10-12(14)7-11(9-15)8-13(10)20(18,19)16-17-5-3-2-4-6-17/h7-8,16H,2-6,9,15H2,1H3. The first-order valence-electron chi connectivity index (χ1n) is 6.70. The second-order valence-corrected chi connectivity index (χ2v) is 7.53. The van der Waals surface area contributed by atoms with Crippen LogP contribution >= 0.6 is 15.9 Å². The minimum absolute atomic E-state index is 0.290. The minimum Gasteiger partial charge on any atom is -0.326 e. The number of benzene rings is 1. The fraction of sp³-hybridized carbons (Fsp3) is 0.538. The first-order chi connectivity index (χ1) is 9.44. The Kier molecular flexibility index (Phi) is 5.19. The molecule has 1 aromatic rings. The van der Waals surface area contributed by atoms with E-state index in [4.69, 9.17) is 5.73 Å². The lowest BCUT2D eigenvalue weighted by Crippen LogP contribution is -2.45. The molecule has 1 fully saturated rings. The van der Waals surface area contributed by atoms with Gasteiger partial charge in [0.15, 0.2) is 0 Å². The van der Waals surface area contributed by atoms with Crippen LogP contribution in [0.15, 0.2) is 21.5 Å². The zero-order valence-electron chi connectivity index (χ0n) is 11.5. The molecule has 0 aromatic heterocycles. The molecule has 112 valence electrons. The summed E-state index contributed by atoms with van der Waals surface area (Å²) in [6, 6.07) is 3.50.